The standard InChI is InChI=1S/C16H15F2N5OS.ClH/c1-22(2)5-6-23(15(24)12-9-19-3-4-20-12)16-21-14-11(18)7-10(17)8-13(14)25-16;/h3-4,7-9H,5-6H2,1-2H3;1H. The van der Waals surface area contributed by atoms with E-state index in [1.54, 1.807) is 0 Å². The number of amides is 1. The number of carbonyl (C=O) groups is 1. The van der Waals surface area contributed by atoms with E-state index in [9.17, 15) is 13.6 Å². The van der Waals surface area contributed by atoms with Crippen LogP contribution in [-0.2, 0) is 0 Å². The molecular weight excluding hydrogens is 384 g/mol. The molecule has 1 aromatic carbocycles. The Balaban J connectivity index is 0.00000243. The molecule has 0 atom stereocenters. The molecule has 6 nitrogen and oxygen atoms in total. The van der Waals surface area contributed by atoms with Crippen LogP contribution >= 0.6 is 23.7 Å². The number of aromatic nitrogens is 3. The number of thiazole rings is 1. The molecule has 0 saturated heterocycles. The first-order valence-corrected chi connectivity index (χ1v) is 8.25. The zero-order valence-electron chi connectivity index (χ0n) is 14.0. The van der Waals surface area contributed by atoms with Gasteiger partial charge in [-0.15, -0.1) is 12.4 Å². The SMILES string of the molecule is CN(C)CCN(C(=O)c1cnccn1)c1nc2c(F)cc(F)cc2s1.Cl. The molecular formula is C16H16ClF2N5OS. The summed E-state index contributed by atoms with van der Waals surface area (Å²) in [5.74, 6) is -1.83. The third-order valence-electron chi connectivity index (χ3n) is 3.43. The molecule has 0 N–H and O–H groups in total. The number of nitrogens with zero attached hydrogens (tertiary/aromatic N) is 5. The lowest BCUT2D eigenvalue weighted by Crippen LogP contribution is -2.37. The molecule has 10 heteroatoms. The van der Waals surface area contributed by atoms with E-state index in [4.69, 9.17) is 0 Å². The van der Waals surface area contributed by atoms with Crippen molar-refractivity contribution < 1.29 is 13.6 Å². The first-order valence-electron chi connectivity index (χ1n) is 7.44. The number of halogens is 3. The Morgan fingerprint density at radius 3 is 2.62 bits per heavy atom. The largest absolute Gasteiger partial charge is 0.308 e. The van der Waals surface area contributed by atoms with Gasteiger partial charge in [0.1, 0.15) is 17.0 Å². The maximum Gasteiger partial charge on any atom is 0.280 e. The highest BCUT2D eigenvalue weighted by molar-refractivity contribution is 7.22. The number of fused-ring (bicyclic) bond motifs is 1. The van der Waals surface area contributed by atoms with E-state index < -0.39 is 17.5 Å². The van der Waals surface area contributed by atoms with Gasteiger partial charge >= 0.3 is 0 Å². The minimum absolute atomic E-state index is 0. The van der Waals surface area contributed by atoms with Crippen molar-refractivity contribution in [3.8, 4) is 0 Å². The first kappa shape index (κ1) is 20.1. The highest BCUT2D eigenvalue weighted by atomic mass is 35.5. The van der Waals surface area contributed by atoms with Gasteiger partial charge < -0.3 is 4.90 Å². The van der Waals surface area contributed by atoms with Gasteiger partial charge in [0.2, 0.25) is 0 Å². The lowest BCUT2D eigenvalue weighted by molar-refractivity contribution is 0.0980. The van der Waals surface area contributed by atoms with Gasteiger partial charge in [0, 0.05) is 31.5 Å². The van der Waals surface area contributed by atoms with Crippen LogP contribution in [0.25, 0.3) is 10.2 Å². The predicted molar refractivity (Wildman–Crippen MR) is 99.0 cm³/mol. The number of rotatable bonds is 5. The Bertz CT molecular complexity index is 906. The Morgan fingerprint density at radius 2 is 1.96 bits per heavy atom. The smallest absolute Gasteiger partial charge is 0.280 e. The van der Waals surface area contributed by atoms with Crippen LogP contribution in [0.4, 0.5) is 13.9 Å². The summed E-state index contributed by atoms with van der Waals surface area (Å²) in [5.41, 5.74) is 0.204. The van der Waals surface area contributed by atoms with E-state index >= 15 is 0 Å². The molecule has 3 aromatic rings. The van der Waals surface area contributed by atoms with Crippen molar-refractivity contribution in [2.75, 3.05) is 32.1 Å². The molecule has 1 amide bonds. The molecule has 0 fully saturated rings. The van der Waals surface area contributed by atoms with Gasteiger partial charge in [-0.3, -0.25) is 14.7 Å². The van der Waals surface area contributed by atoms with Crippen LogP contribution in [0.1, 0.15) is 10.5 Å². The molecule has 0 saturated carbocycles. The third-order valence-corrected chi connectivity index (χ3v) is 4.46. The summed E-state index contributed by atoms with van der Waals surface area (Å²) in [7, 11) is 3.75. The topological polar surface area (TPSA) is 62.2 Å². The summed E-state index contributed by atoms with van der Waals surface area (Å²) < 4.78 is 27.7. The molecule has 138 valence electrons. The monoisotopic (exact) mass is 399 g/mol. The summed E-state index contributed by atoms with van der Waals surface area (Å²) in [6.45, 7) is 0.894. The summed E-state index contributed by atoms with van der Waals surface area (Å²) in [4.78, 5) is 28.2. The van der Waals surface area contributed by atoms with Crippen molar-refractivity contribution in [2.45, 2.75) is 0 Å². The lowest BCUT2D eigenvalue weighted by atomic mass is 10.3. The Kier molecular flexibility index (Phi) is 6.52. The van der Waals surface area contributed by atoms with Gasteiger partial charge in [0.25, 0.3) is 5.91 Å². The highest BCUT2D eigenvalue weighted by Crippen LogP contribution is 2.31. The number of benzene rings is 1. The molecule has 3 rings (SSSR count). The molecule has 0 spiro atoms. The quantitative estimate of drug-likeness (QED) is 0.660. The van der Waals surface area contributed by atoms with Crippen LogP contribution in [0.2, 0.25) is 0 Å². The maximum atomic E-state index is 13.9. The van der Waals surface area contributed by atoms with Gasteiger partial charge in [-0.25, -0.2) is 18.7 Å². The fourth-order valence-electron chi connectivity index (χ4n) is 2.19. The molecule has 0 bridgehead atoms. The minimum Gasteiger partial charge on any atom is -0.308 e. The molecule has 0 unspecified atom stereocenters. The van der Waals surface area contributed by atoms with Crippen molar-refractivity contribution in [1.29, 1.82) is 0 Å². The van der Waals surface area contributed by atoms with Crippen molar-refractivity contribution in [3.05, 3.63) is 48.1 Å². The third kappa shape index (κ3) is 4.29. The van der Waals surface area contributed by atoms with Crippen molar-refractivity contribution in [2.24, 2.45) is 0 Å². The second kappa shape index (κ2) is 8.43. The van der Waals surface area contributed by atoms with Gasteiger partial charge in [0.05, 0.1) is 10.9 Å². The number of likely N-dealkylation sites (N-methyl/N-ethyl adjacent to an activating group) is 1. The molecule has 0 radical (unpaired) electrons. The second-order valence-corrected chi connectivity index (χ2v) is 6.59. The first-order chi connectivity index (χ1) is 12.0. The van der Waals surface area contributed by atoms with Crippen LogP contribution in [0.5, 0.6) is 0 Å². The lowest BCUT2D eigenvalue weighted by Gasteiger charge is -2.21. The van der Waals surface area contributed by atoms with Crippen LogP contribution in [0.15, 0.2) is 30.7 Å². The summed E-state index contributed by atoms with van der Waals surface area (Å²) in [5, 5.41) is 0.289. The molecule has 26 heavy (non-hydrogen) atoms. The van der Waals surface area contributed by atoms with E-state index in [0.717, 1.165) is 17.4 Å². The van der Waals surface area contributed by atoms with Crippen LogP contribution in [-0.4, -0.2) is 52.9 Å². The van der Waals surface area contributed by atoms with E-state index in [1.807, 2.05) is 19.0 Å². The van der Waals surface area contributed by atoms with Crippen LogP contribution < -0.4 is 4.90 Å². The molecule has 0 aliphatic carbocycles. The van der Waals surface area contributed by atoms with E-state index in [1.165, 1.54) is 29.6 Å². The summed E-state index contributed by atoms with van der Waals surface area (Å²) >= 11 is 1.06. The average Bonchev–Trinajstić information content (AvgIpc) is 2.99. The van der Waals surface area contributed by atoms with Crippen LogP contribution in [0, 0.1) is 11.6 Å². The zero-order valence-corrected chi connectivity index (χ0v) is 15.7. The van der Waals surface area contributed by atoms with Crippen LogP contribution in [0.3, 0.4) is 0 Å². The van der Waals surface area contributed by atoms with Gasteiger partial charge in [-0.1, -0.05) is 11.3 Å². The Morgan fingerprint density at radius 1 is 1.19 bits per heavy atom. The number of hydrogen-bond donors (Lipinski definition) is 0. The molecule has 2 heterocycles. The summed E-state index contributed by atoms with van der Waals surface area (Å²) in [6.07, 6.45) is 4.25. The highest BCUT2D eigenvalue weighted by Gasteiger charge is 2.23. The number of carbonyl (C=O) groups excluding carboxylic acids is 1. The second-order valence-electron chi connectivity index (χ2n) is 5.58. The molecule has 0 aliphatic rings. The molecule has 2 aromatic heterocycles. The fraction of sp³-hybridized carbons (Fsp3) is 0.250. The van der Waals surface area contributed by atoms with Gasteiger partial charge in [-0.2, -0.15) is 0 Å². The number of hydrogen-bond acceptors (Lipinski definition) is 6. The minimum atomic E-state index is -0.753. The fourth-order valence-corrected chi connectivity index (χ4v) is 3.22. The van der Waals surface area contributed by atoms with E-state index in [0.29, 0.717) is 17.8 Å². The van der Waals surface area contributed by atoms with Gasteiger partial charge in [0.15, 0.2) is 10.9 Å². The van der Waals surface area contributed by atoms with Gasteiger partial charge in [-0.05, 0) is 20.2 Å². The van der Waals surface area contributed by atoms with E-state index in [-0.39, 0.29) is 28.7 Å². The molecule has 0 aliphatic heterocycles. The summed E-state index contributed by atoms with van der Waals surface area (Å²) in [6, 6.07) is 1.98. The Labute approximate surface area is 158 Å². The maximum absolute atomic E-state index is 13.9. The zero-order chi connectivity index (χ0) is 18.0. The number of anilines is 1. The van der Waals surface area contributed by atoms with Crippen molar-refractivity contribution in [1.82, 2.24) is 19.9 Å². The van der Waals surface area contributed by atoms with Crippen molar-refractivity contribution >= 4 is 45.0 Å². The average molecular weight is 400 g/mol. The predicted octanol–water partition coefficient (Wildman–Crippen LogP) is 2.99. The van der Waals surface area contributed by atoms with E-state index in [2.05, 4.69) is 15.0 Å². The van der Waals surface area contributed by atoms with Crippen molar-refractivity contribution in [3.63, 3.8) is 0 Å². The Hall–Kier alpha value is -2.23. The normalized spacial score (nSPS) is 10.8.